The maximum atomic E-state index is 13.4. The number of carbonyl (C=O) groups excluding carboxylic acids is 2. The molecule has 3 aliphatic rings. The van der Waals surface area contributed by atoms with E-state index in [9.17, 15) is 9.59 Å². The summed E-state index contributed by atoms with van der Waals surface area (Å²) >= 11 is 1.59. The highest BCUT2D eigenvalue weighted by molar-refractivity contribution is 7.09. The van der Waals surface area contributed by atoms with Crippen LogP contribution in [0.3, 0.4) is 0 Å². The number of thiophene rings is 1. The number of nitrogens with one attached hydrogen (secondary N) is 1. The molecule has 0 unspecified atom stereocenters. The third-order valence-corrected chi connectivity index (χ3v) is 7.52. The third kappa shape index (κ3) is 5.24. The molecule has 3 heterocycles. The van der Waals surface area contributed by atoms with Crippen molar-refractivity contribution in [2.45, 2.75) is 63.3 Å². The molecule has 9 nitrogen and oxygen atoms in total. The van der Waals surface area contributed by atoms with Gasteiger partial charge in [0, 0.05) is 24.0 Å². The summed E-state index contributed by atoms with van der Waals surface area (Å²) in [4.78, 5) is 35.9. The summed E-state index contributed by atoms with van der Waals surface area (Å²) in [5.74, 6) is -0.219. The van der Waals surface area contributed by atoms with Crippen molar-refractivity contribution < 1.29 is 14.3 Å². The zero-order chi connectivity index (χ0) is 22.7. The van der Waals surface area contributed by atoms with Crippen LogP contribution in [0.1, 0.15) is 37.5 Å². The minimum atomic E-state index is -0.643. The van der Waals surface area contributed by atoms with Crippen LogP contribution in [0, 0.1) is 5.92 Å². The van der Waals surface area contributed by atoms with E-state index in [1.807, 2.05) is 29.3 Å². The second kappa shape index (κ2) is 10.2. The van der Waals surface area contributed by atoms with E-state index in [4.69, 9.17) is 16.2 Å². The molecule has 0 bridgehead atoms. The fourth-order valence-corrected chi connectivity index (χ4v) is 5.32. The Bertz CT molecular complexity index is 824. The number of carbonyl (C=O) groups is 2. The average Bonchev–Trinajstić information content (AvgIpc) is 3.48. The van der Waals surface area contributed by atoms with Crippen molar-refractivity contribution in [3.8, 4) is 0 Å². The largest absolute Gasteiger partial charge is 0.463 e. The smallest absolute Gasteiger partial charge is 0.287 e. The van der Waals surface area contributed by atoms with Crippen LogP contribution < -0.4 is 16.8 Å². The molecule has 5 N–H and O–H groups in total. The molecule has 10 heteroatoms. The van der Waals surface area contributed by atoms with E-state index in [1.165, 1.54) is 0 Å². The molecule has 3 atom stereocenters. The molecule has 1 aliphatic carbocycles. The van der Waals surface area contributed by atoms with Gasteiger partial charge >= 0.3 is 0 Å². The minimum Gasteiger partial charge on any atom is -0.463 e. The number of hydrogen-bond donors (Lipinski definition) is 3. The Hall–Kier alpha value is -2.17. The molecule has 0 spiro atoms. The van der Waals surface area contributed by atoms with E-state index < -0.39 is 12.1 Å². The van der Waals surface area contributed by atoms with E-state index in [1.54, 1.807) is 16.2 Å². The van der Waals surface area contributed by atoms with Gasteiger partial charge in [0.25, 0.3) is 6.02 Å². The first-order valence-electron chi connectivity index (χ1n) is 11.5. The van der Waals surface area contributed by atoms with Crippen molar-refractivity contribution in [3.05, 3.63) is 22.4 Å². The second-order valence-electron chi connectivity index (χ2n) is 9.06. The van der Waals surface area contributed by atoms with Gasteiger partial charge in [0.1, 0.15) is 12.6 Å². The van der Waals surface area contributed by atoms with Crippen molar-refractivity contribution in [1.29, 1.82) is 0 Å². The van der Waals surface area contributed by atoms with Crippen LogP contribution in [0.2, 0.25) is 0 Å². The molecule has 176 valence electrons. The Kier molecular flexibility index (Phi) is 7.32. The molecule has 2 fully saturated rings. The van der Waals surface area contributed by atoms with Crippen molar-refractivity contribution in [3.63, 3.8) is 0 Å². The molecule has 4 rings (SSSR count). The lowest BCUT2D eigenvalue weighted by molar-refractivity contribution is -0.145. The van der Waals surface area contributed by atoms with Crippen LogP contribution in [-0.4, -0.2) is 78.0 Å². The lowest BCUT2D eigenvalue weighted by Crippen LogP contribution is -2.64. The van der Waals surface area contributed by atoms with Crippen molar-refractivity contribution in [2.75, 3.05) is 26.2 Å². The van der Waals surface area contributed by atoms with Crippen LogP contribution in [-0.2, 0) is 20.9 Å². The highest BCUT2D eigenvalue weighted by Gasteiger charge is 2.41. The first kappa shape index (κ1) is 23.0. The molecule has 0 radical (unpaired) electrons. The van der Waals surface area contributed by atoms with E-state index >= 15 is 0 Å². The highest BCUT2D eigenvalue weighted by Crippen LogP contribution is 2.27. The lowest BCUT2D eigenvalue weighted by atomic mass is 9.81. The van der Waals surface area contributed by atoms with Gasteiger partial charge in [-0.1, -0.05) is 6.07 Å². The fourth-order valence-electron chi connectivity index (χ4n) is 4.68. The van der Waals surface area contributed by atoms with E-state index in [0.29, 0.717) is 38.8 Å². The topological polar surface area (TPSA) is 126 Å². The van der Waals surface area contributed by atoms with Gasteiger partial charge in [0.2, 0.25) is 11.8 Å². The Morgan fingerprint density at radius 2 is 2.09 bits per heavy atom. The van der Waals surface area contributed by atoms with Gasteiger partial charge in [0.05, 0.1) is 25.2 Å². The molecular weight excluding hydrogens is 428 g/mol. The summed E-state index contributed by atoms with van der Waals surface area (Å²) in [7, 11) is 0. The van der Waals surface area contributed by atoms with Gasteiger partial charge in [-0.05, 0) is 50.0 Å². The molecule has 1 aromatic heterocycles. The number of piperazine rings is 1. The SMILES string of the molecule is C[C@H]1COC(N2CCN(C(=O)[C@H](N)C3CCC(N)CC3)[C@H](C(=O)NCc3cccs3)C2)=N1. The molecule has 2 aliphatic heterocycles. The number of amidine groups is 1. The fraction of sp³-hybridized carbons (Fsp3) is 0.682. The summed E-state index contributed by atoms with van der Waals surface area (Å²) in [6, 6.07) is 3.54. The van der Waals surface area contributed by atoms with Crippen LogP contribution in [0.5, 0.6) is 0 Å². The lowest BCUT2D eigenvalue weighted by Gasteiger charge is -2.42. The summed E-state index contributed by atoms with van der Waals surface area (Å²) < 4.78 is 5.71. The normalized spacial score (nSPS) is 29.3. The van der Waals surface area contributed by atoms with Gasteiger partial charge in [-0.25, -0.2) is 4.99 Å². The number of aliphatic imine (C=N–C) groups is 1. The van der Waals surface area contributed by atoms with Gasteiger partial charge in [-0.3, -0.25) is 9.59 Å². The summed E-state index contributed by atoms with van der Waals surface area (Å²) in [6.45, 7) is 4.29. The standard InChI is InChI=1S/C22H34N6O3S/c1-14-13-31-22(26-14)27-8-9-28(21(30)19(24)15-4-6-16(23)7-5-15)18(12-27)20(29)25-11-17-3-2-10-32-17/h2-3,10,14-16,18-19H,4-9,11-13,23-24H2,1H3,(H,25,29)/t14-,15?,16?,18-,19+/m0/s1. The molecule has 1 saturated carbocycles. The van der Waals surface area contributed by atoms with Gasteiger partial charge in [-0.2, -0.15) is 0 Å². The van der Waals surface area contributed by atoms with E-state index in [-0.39, 0.29) is 29.8 Å². The number of ether oxygens (including phenoxy) is 1. The van der Waals surface area contributed by atoms with Crippen molar-refractivity contribution in [2.24, 2.45) is 22.4 Å². The van der Waals surface area contributed by atoms with Gasteiger partial charge < -0.3 is 31.3 Å². The van der Waals surface area contributed by atoms with Crippen LogP contribution in [0.25, 0.3) is 0 Å². The summed E-state index contributed by atoms with van der Waals surface area (Å²) in [5, 5.41) is 4.97. The highest BCUT2D eigenvalue weighted by atomic mass is 32.1. The van der Waals surface area contributed by atoms with E-state index in [2.05, 4.69) is 10.3 Å². The Morgan fingerprint density at radius 1 is 1.31 bits per heavy atom. The third-order valence-electron chi connectivity index (χ3n) is 6.65. The molecular formula is C22H34N6O3S. The van der Waals surface area contributed by atoms with Gasteiger partial charge in [0.15, 0.2) is 0 Å². The quantitative estimate of drug-likeness (QED) is 0.585. The summed E-state index contributed by atoms with van der Waals surface area (Å²) in [6.07, 6.45) is 3.48. The average molecular weight is 463 g/mol. The number of rotatable bonds is 5. The molecule has 1 saturated heterocycles. The van der Waals surface area contributed by atoms with Crippen molar-refractivity contribution in [1.82, 2.24) is 15.1 Å². The Morgan fingerprint density at radius 3 is 2.75 bits per heavy atom. The first-order chi connectivity index (χ1) is 15.4. The minimum absolute atomic E-state index is 0.0989. The monoisotopic (exact) mass is 462 g/mol. The van der Waals surface area contributed by atoms with Crippen molar-refractivity contribution >= 4 is 29.2 Å². The van der Waals surface area contributed by atoms with Crippen LogP contribution >= 0.6 is 11.3 Å². The van der Waals surface area contributed by atoms with Gasteiger partial charge in [-0.15, -0.1) is 11.3 Å². The predicted molar refractivity (Wildman–Crippen MR) is 124 cm³/mol. The number of nitrogens with zero attached hydrogens (tertiary/aromatic N) is 3. The summed E-state index contributed by atoms with van der Waals surface area (Å²) in [5.41, 5.74) is 12.5. The second-order valence-corrected chi connectivity index (χ2v) is 10.1. The molecule has 2 amide bonds. The van der Waals surface area contributed by atoms with E-state index in [0.717, 1.165) is 30.6 Å². The zero-order valence-corrected chi connectivity index (χ0v) is 19.4. The first-order valence-corrected chi connectivity index (χ1v) is 12.4. The molecule has 1 aromatic rings. The Balaban J connectivity index is 1.46. The number of hydrogen-bond acceptors (Lipinski definition) is 8. The van der Waals surface area contributed by atoms with Crippen LogP contribution in [0.15, 0.2) is 22.5 Å². The zero-order valence-electron chi connectivity index (χ0n) is 18.6. The Labute approximate surface area is 193 Å². The maximum absolute atomic E-state index is 13.4. The molecule has 0 aromatic carbocycles. The maximum Gasteiger partial charge on any atom is 0.287 e. The number of nitrogens with two attached hydrogens (primary N) is 2. The number of amides is 2. The predicted octanol–water partition coefficient (Wildman–Crippen LogP) is 0.497. The van der Waals surface area contributed by atoms with Crippen LogP contribution in [0.4, 0.5) is 0 Å². The molecule has 32 heavy (non-hydrogen) atoms.